The monoisotopic (exact) mass is 304 g/mol. The Morgan fingerprint density at radius 2 is 1.26 bits per heavy atom. The molecule has 0 aliphatic carbocycles. The molecule has 0 unspecified atom stereocenters. The van der Waals surface area contributed by atoms with E-state index in [1.165, 1.54) is 0 Å². The summed E-state index contributed by atoms with van der Waals surface area (Å²) in [5, 5.41) is 7.07. The third kappa shape index (κ3) is 4.07. The molecule has 2 heterocycles. The van der Waals surface area contributed by atoms with Gasteiger partial charge in [0.25, 0.3) is 0 Å². The van der Waals surface area contributed by atoms with Crippen LogP contribution in [-0.2, 0) is 0 Å². The molecule has 0 saturated carbocycles. The maximum atomic E-state index is 4.25. The molecule has 0 amide bonds. The van der Waals surface area contributed by atoms with Crippen molar-refractivity contribution >= 4 is 11.4 Å². The minimum Gasteiger partial charge on any atom is -0.362 e. The van der Waals surface area contributed by atoms with Crippen LogP contribution < -0.4 is 10.6 Å². The molecule has 0 aliphatic heterocycles. The molecule has 0 fully saturated rings. The molecular formula is C19H20N4. The van der Waals surface area contributed by atoms with E-state index in [9.17, 15) is 0 Å². The van der Waals surface area contributed by atoms with Gasteiger partial charge in [0.2, 0.25) is 0 Å². The van der Waals surface area contributed by atoms with Crippen LogP contribution in [0.3, 0.4) is 0 Å². The Hall–Kier alpha value is -2.88. The Balaban J connectivity index is 1.87. The van der Waals surface area contributed by atoms with Crippen LogP contribution in [-0.4, -0.2) is 9.97 Å². The van der Waals surface area contributed by atoms with Gasteiger partial charge in [-0.25, -0.2) is 0 Å². The Morgan fingerprint density at radius 3 is 1.74 bits per heavy atom. The lowest BCUT2D eigenvalue weighted by Crippen LogP contribution is -2.20. The quantitative estimate of drug-likeness (QED) is 0.689. The predicted octanol–water partition coefficient (Wildman–Crippen LogP) is 4.32. The normalized spacial score (nSPS) is 10.6. The van der Waals surface area contributed by atoms with Crippen LogP contribution in [0.5, 0.6) is 0 Å². The van der Waals surface area contributed by atoms with Crippen LogP contribution in [0.1, 0.15) is 23.1 Å². The number of nitrogens with one attached hydrogen (secondary N) is 2. The zero-order valence-electron chi connectivity index (χ0n) is 13.3. The third-order valence-corrected chi connectivity index (χ3v) is 3.55. The maximum absolute atomic E-state index is 4.25. The van der Waals surface area contributed by atoms with Crippen molar-refractivity contribution in [3.05, 3.63) is 83.9 Å². The summed E-state index contributed by atoms with van der Waals surface area (Å²) in [4.78, 5) is 8.49. The van der Waals surface area contributed by atoms with Gasteiger partial charge in [-0.1, -0.05) is 30.3 Å². The van der Waals surface area contributed by atoms with Gasteiger partial charge in [0.15, 0.2) is 0 Å². The average molecular weight is 304 g/mol. The summed E-state index contributed by atoms with van der Waals surface area (Å²) in [6.07, 6.45) is 3.59. The van der Waals surface area contributed by atoms with Crippen LogP contribution in [0.4, 0.5) is 11.4 Å². The van der Waals surface area contributed by atoms with Crippen LogP contribution in [0.15, 0.2) is 67.0 Å². The lowest BCUT2D eigenvalue weighted by atomic mass is 10.1. The average Bonchev–Trinajstić information content (AvgIpc) is 2.55. The summed E-state index contributed by atoms with van der Waals surface area (Å²) in [6.45, 7) is 3.98. The second-order valence-electron chi connectivity index (χ2n) is 5.50. The molecule has 0 aliphatic rings. The molecule has 0 radical (unpaired) electrons. The van der Waals surface area contributed by atoms with E-state index >= 15 is 0 Å². The summed E-state index contributed by atoms with van der Waals surface area (Å²) in [5.41, 5.74) is 5.20. The molecule has 1 aromatic carbocycles. The van der Waals surface area contributed by atoms with E-state index in [-0.39, 0.29) is 6.17 Å². The van der Waals surface area contributed by atoms with Crippen LogP contribution in [0.2, 0.25) is 0 Å². The summed E-state index contributed by atoms with van der Waals surface area (Å²) in [5.74, 6) is 0. The first-order valence-electron chi connectivity index (χ1n) is 7.64. The standard InChI is InChI=1S/C19H20N4/c1-14-12-17(8-10-20-14)22-19(16-6-4-3-5-7-16)23-18-9-11-21-15(2)13-18/h3-13,19H,1-2H3,(H,20,22)(H,21,23). The van der Waals surface area contributed by atoms with Gasteiger partial charge in [0, 0.05) is 35.2 Å². The number of hydrogen-bond donors (Lipinski definition) is 2. The van der Waals surface area contributed by atoms with Crippen molar-refractivity contribution in [1.29, 1.82) is 0 Å². The molecule has 0 spiro atoms. The number of aryl methyl sites for hydroxylation is 2. The lowest BCUT2D eigenvalue weighted by Gasteiger charge is -2.23. The molecule has 2 aromatic heterocycles. The van der Waals surface area contributed by atoms with Crippen molar-refractivity contribution in [2.45, 2.75) is 20.0 Å². The van der Waals surface area contributed by atoms with E-state index in [2.05, 4.69) is 32.7 Å². The molecule has 116 valence electrons. The highest BCUT2D eigenvalue weighted by molar-refractivity contribution is 5.51. The Kier molecular flexibility index (Phi) is 4.52. The smallest absolute Gasteiger partial charge is 0.123 e. The first kappa shape index (κ1) is 15.0. The Bertz CT molecular complexity index is 724. The molecule has 3 aromatic rings. The number of benzene rings is 1. The molecule has 23 heavy (non-hydrogen) atoms. The minimum absolute atomic E-state index is 0.0419. The molecule has 0 atom stereocenters. The fraction of sp³-hybridized carbons (Fsp3) is 0.158. The largest absolute Gasteiger partial charge is 0.362 e. The Morgan fingerprint density at radius 1 is 0.739 bits per heavy atom. The summed E-state index contributed by atoms with van der Waals surface area (Å²) in [7, 11) is 0. The number of nitrogens with zero attached hydrogens (tertiary/aromatic N) is 2. The first-order valence-corrected chi connectivity index (χ1v) is 7.64. The van der Waals surface area contributed by atoms with E-state index in [1.807, 2.05) is 68.7 Å². The first-order chi connectivity index (χ1) is 11.2. The van der Waals surface area contributed by atoms with Crippen molar-refractivity contribution in [3.63, 3.8) is 0 Å². The number of pyridine rings is 2. The van der Waals surface area contributed by atoms with Gasteiger partial charge in [-0.05, 0) is 43.7 Å². The van der Waals surface area contributed by atoms with E-state index in [1.54, 1.807) is 0 Å². The molecule has 2 N–H and O–H groups in total. The van der Waals surface area contributed by atoms with Gasteiger partial charge in [-0.2, -0.15) is 0 Å². The zero-order chi connectivity index (χ0) is 16.1. The SMILES string of the molecule is Cc1cc(NC(Nc2ccnc(C)c2)c2ccccc2)ccn1. The van der Waals surface area contributed by atoms with Crippen LogP contribution in [0.25, 0.3) is 0 Å². The minimum atomic E-state index is -0.0419. The van der Waals surface area contributed by atoms with E-state index in [4.69, 9.17) is 0 Å². The number of hydrogen-bond acceptors (Lipinski definition) is 4. The van der Waals surface area contributed by atoms with E-state index < -0.39 is 0 Å². The van der Waals surface area contributed by atoms with Gasteiger partial charge in [0.1, 0.15) is 6.17 Å². The van der Waals surface area contributed by atoms with Gasteiger partial charge in [-0.3, -0.25) is 9.97 Å². The van der Waals surface area contributed by atoms with E-state index in [0.29, 0.717) is 0 Å². The third-order valence-electron chi connectivity index (χ3n) is 3.55. The summed E-state index contributed by atoms with van der Waals surface area (Å²) >= 11 is 0. The lowest BCUT2D eigenvalue weighted by molar-refractivity contribution is 0.898. The summed E-state index contributed by atoms with van der Waals surface area (Å²) in [6, 6.07) is 18.3. The van der Waals surface area contributed by atoms with Crippen molar-refractivity contribution in [2.24, 2.45) is 0 Å². The maximum Gasteiger partial charge on any atom is 0.123 e. The summed E-state index contributed by atoms with van der Waals surface area (Å²) < 4.78 is 0. The van der Waals surface area contributed by atoms with Gasteiger partial charge in [0.05, 0.1) is 0 Å². The van der Waals surface area contributed by atoms with Gasteiger partial charge >= 0.3 is 0 Å². The molecular weight excluding hydrogens is 284 g/mol. The highest BCUT2D eigenvalue weighted by Gasteiger charge is 2.11. The highest BCUT2D eigenvalue weighted by Crippen LogP contribution is 2.22. The number of anilines is 2. The van der Waals surface area contributed by atoms with Crippen molar-refractivity contribution < 1.29 is 0 Å². The van der Waals surface area contributed by atoms with Crippen molar-refractivity contribution in [2.75, 3.05) is 10.6 Å². The second kappa shape index (κ2) is 6.92. The van der Waals surface area contributed by atoms with Crippen molar-refractivity contribution in [1.82, 2.24) is 9.97 Å². The fourth-order valence-corrected chi connectivity index (χ4v) is 2.45. The fourth-order valence-electron chi connectivity index (χ4n) is 2.45. The van der Waals surface area contributed by atoms with Crippen molar-refractivity contribution in [3.8, 4) is 0 Å². The Labute approximate surface area is 136 Å². The predicted molar refractivity (Wildman–Crippen MR) is 94.4 cm³/mol. The van der Waals surface area contributed by atoms with Gasteiger partial charge < -0.3 is 10.6 Å². The zero-order valence-corrected chi connectivity index (χ0v) is 13.3. The van der Waals surface area contributed by atoms with Crippen LogP contribution >= 0.6 is 0 Å². The van der Waals surface area contributed by atoms with Gasteiger partial charge in [-0.15, -0.1) is 0 Å². The molecule has 4 nitrogen and oxygen atoms in total. The molecule has 0 saturated heterocycles. The number of aromatic nitrogens is 2. The number of rotatable bonds is 5. The van der Waals surface area contributed by atoms with E-state index in [0.717, 1.165) is 28.3 Å². The van der Waals surface area contributed by atoms with Crippen LogP contribution in [0, 0.1) is 13.8 Å². The highest BCUT2D eigenvalue weighted by atomic mass is 15.1. The topological polar surface area (TPSA) is 49.8 Å². The molecule has 3 rings (SSSR count). The second-order valence-corrected chi connectivity index (χ2v) is 5.50. The molecule has 4 heteroatoms. The molecule has 0 bridgehead atoms.